The van der Waals surface area contributed by atoms with Crippen LogP contribution < -0.4 is 20.1 Å². The van der Waals surface area contributed by atoms with Crippen LogP contribution in [0.25, 0.3) is 0 Å². The molecule has 2 aliphatic heterocycles. The lowest BCUT2D eigenvalue weighted by Gasteiger charge is -2.29. The maximum absolute atomic E-state index is 12.0. The molecule has 2 heterocycles. The highest BCUT2D eigenvalue weighted by Gasteiger charge is 2.24. The maximum atomic E-state index is 12.0. The van der Waals surface area contributed by atoms with Gasteiger partial charge in [-0.2, -0.15) is 0 Å². The predicted molar refractivity (Wildman–Crippen MR) is 71.7 cm³/mol. The molecule has 1 saturated heterocycles. The largest absolute Gasteiger partial charge is 0.454 e. The Hall–Kier alpha value is -1.79. The van der Waals surface area contributed by atoms with E-state index in [0.717, 1.165) is 18.5 Å². The topological polar surface area (TPSA) is 79.8 Å². The number of hydrogen-bond donors (Lipinski definition) is 3. The summed E-state index contributed by atoms with van der Waals surface area (Å²) in [7, 11) is 0. The molecule has 3 rings (SSSR count). The molecule has 1 aromatic rings. The highest BCUT2D eigenvalue weighted by Crippen LogP contribution is 2.32. The van der Waals surface area contributed by atoms with Crippen LogP contribution in [-0.2, 0) is 11.2 Å². The van der Waals surface area contributed by atoms with Gasteiger partial charge in [-0.25, -0.2) is 0 Å². The van der Waals surface area contributed by atoms with E-state index in [1.165, 1.54) is 0 Å². The van der Waals surface area contributed by atoms with Gasteiger partial charge in [-0.1, -0.05) is 6.07 Å². The van der Waals surface area contributed by atoms with Gasteiger partial charge in [-0.3, -0.25) is 4.79 Å². The lowest BCUT2D eigenvalue weighted by atomic mass is 10.0. The normalized spacial score (nSPS) is 24.4. The first kappa shape index (κ1) is 13.2. The smallest absolute Gasteiger partial charge is 0.231 e. The lowest BCUT2D eigenvalue weighted by molar-refractivity contribution is -0.122. The van der Waals surface area contributed by atoms with Gasteiger partial charge in [0.25, 0.3) is 0 Å². The highest BCUT2D eigenvalue weighted by atomic mass is 16.7. The minimum Gasteiger partial charge on any atom is -0.454 e. The van der Waals surface area contributed by atoms with Crippen molar-refractivity contribution in [2.75, 3.05) is 19.9 Å². The zero-order valence-corrected chi connectivity index (χ0v) is 11.1. The number of aliphatic hydroxyl groups is 1. The van der Waals surface area contributed by atoms with Crippen LogP contribution in [0.1, 0.15) is 12.0 Å². The fourth-order valence-corrected chi connectivity index (χ4v) is 2.50. The standard InChI is InChI=1S/C14H18N2O4/c17-11-7-15-4-3-10(11)16-14(18)6-9-1-2-12-13(5-9)20-8-19-12/h1-2,5,10-11,15,17H,3-4,6-8H2,(H,16,18). The maximum Gasteiger partial charge on any atom is 0.231 e. The number of fused-ring (bicyclic) bond motifs is 1. The quantitative estimate of drug-likeness (QED) is 0.713. The second kappa shape index (κ2) is 5.68. The molecule has 0 aromatic heterocycles. The first-order valence-electron chi connectivity index (χ1n) is 6.79. The van der Waals surface area contributed by atoms with Crippen molar-refractivity contribution in [3.05, 3.63) is 23.8 Å². The van der Waals surface area contributed by atoms with Gasteiger partial charge in [-0.05, 0) is 30.7 Å². The Bertz CT molecular complexity index is 506. The van der Waals surface area contributed by atoms with E-state index in [1.54, 1.807) is 0 Å². The zero-order valence-electron chi connectivity index (χ0n) is 11.1. The molecule has 0 radical (unpaired) electrons. The molecule has 0 aliphatic carbocycles. The van der Waals surface area contributed by atoms with Crippen molar-refractivity contribution in [1.82, 2.24) is 10.6 Å². The van der Waals surface area contributed by atoms with Crippen molar-refractivity contribution in [2.24, 2.45) is 0 Å². The van der Waals surface area contributed by atoms with Crippen LogP contribution in [0.3, 0.4) is 0 Å². The molecule has 0 bridgehead atoms. The Morgan fingerprint density at radius 2 is 2.25 bits per heavy atom. The molecule has 6 nitrogen and oxygen atoms in total. The van der Waals surface area contributed by atoms with Crippen molar-refractivity contribution in [3.63, 3.8) is 0 Å². The number of nitrogens with one attached hydrogen (secondary N) is 2. The monoisotopic (exact) mass is 278 g/mol. The average Bonchev–Trinajstić information content (AvgIpc) is 2.89. The summed E-state index contributed by atoms with van der Waals surface area (Å²) in [6, 6.07) is 5.31. The number of β-amino-alcohol motifs (C(OH)–C–C–N with tert-alkyl or cyclic N) is 1. The Kier molecular flexibility index (Phi) is 3.75. The Balaban J connectivity index is 1.58. The number of aliphatic hydroxyl groups excluding tert-OH is 1. The van der Waals surface area contributed by atoms with Gasteiger partial charge < -0.3 is 25.2 Å². The lowest BCUT2D eigenvalue weighted by Crippen LogP contribution is -2.52. The number of carbonyl (C=O) groups is 1. The van der Waals surface area contributed by atoms with Crippen LogP contribution in [0.5, 0.6) is 11.5 Å². The molecule has 2 atom stereocenters. The SMILES string of the molecule is O=C(Cc1ccc2c(c1)OCO2)NC1CCNCC1O. The van der Waals surface area contributed by atoms with E-state index in [-0.39, 0.29) is 25.2 Å². The van der Waals surface area contributed by atoms with Crippen molar-refractivity contribution in [2.45, 2.75) is 25.0 Å². The fraction of sp³-hybridized carbons (Fsp3) is 0.500. The molecule has 3 N–H and O–H groups in total. The number of rotatable bonds is 3. The molecule has 1 aromatic carbocycles. The summed E-state index contributed by atoms with van der Waals surface area (Å²) in [4.78, 5) is 12.0. The molecule has 1 amide bonds. The summed E-state index contributed by atoms with van der Waals surface area (Å²) in [6.07, 6.45) is 0.492. The van der Waals surface area contributed by atoms with Crippen molar-refractivity contribution in [3.8, 4) is 11.5 Å². The predicted octanol–water partition coefficient (Wildman–Crippen LogP) is -0.203. The number of amides is 1. The highest BCUT2D eigenvalue weighted by molar-refractivity contribution is 5.79. The summed E-state index contributed by atoms with van der Waals surface area (Å²) in [6.45, 7) is 1.56. The number of benzene rings is 1. The van der Waals surface area contributed by atoms with Gasteiger partial charge in [0, 0.05) is 6.54 Å². The van der Waals surface area contributed by atoms with Crippen LogP contribution in [0.4, 0.5) is 0 Å². The van der Waals surface area contributed by atoms with Crippen molar-refractivity contribution in [1.29, 1.82) is 0 Å². The molecule has 1 fully saturated rings. The van der Waals surface area contributed by atoms with Crippen LogP contribution in [-0.4, -0.2) is 43.0 Å². The van der Waals surface area contributed by atoms with E-state index in [4.69, 9.17) is 9.47 Å². The van der Waals surface area contributed by atoms with E-state index >= 15 is 0 Å². The van der Waals surface area contributed by atoms with Crippen LogP contribution in [0, 0.1) is 0 Å². The van der Waals surface area contributed by atoms with Crippen LogP contribution in [0.15, 0.2) is 18.2 Å². The molecule has 6 heteroatoms. The molecule has 0 saturated carbocycles. The van der Waals surface area contributed by atoms with Gasteiger partial charge in [0.1, 0.15) is 0 Å². The number of piperidine rings is 1. The van der Waals surface area contributed by atoms with Gasteiger partial charge >= 0.3 is 0 Å². The van der Waals surface area contributed by atoms with Crippen LogP contribution >= 0.6 is 0 Å². The minimum absolute atomic E-state index is 0.0881. The summed E-state index contributed by atoms with van der Waals surface area (Å²) in [5.41, 5.74) is 0.871. The van der Waals surface area contributed by atoms with E-state index in [0.29, 0.717) is 18.0 Å². The molecule has 2 unspecified atom stereocenters. The van der Waals surface area contributed by atoms with Crippen molar-refractivity contribution >= 4 is 5.91 Å². The molecular formula is C14H18N2O4. The molecular weight excluding hydrogens is 260 g/mol. The van der Waals surface area contributed by atoms with Gasteiger partial charge in [0.05, 0.1) is 18.6 Å². The van der Waals surface area contributed by atoms with E-state index < -0.39 is 6.10 Å². The fourth-order valence-electron chi connectivity index (χ4n) is 2.50. The van der Waals surface area contributed by atoms with Crippen molar-refractivity contribution < 1.29 is 19.4 Å². The Labute approximate surface area is 117 Å². The second-order valence-electron chi connectivity index (χ2n) is 5.10. The van der Waals surface area contributed by atoms with E-state index in [9.17, 15) is 9.90 Å². The summed E-state index contributed by atoms with van der Waals surface area (Å²) in [5.74, 6) is 1.30. The van der Waals surface area contributed by atoms with Gasteiger partial charge in [-0.15, -0.1) is 0 Å². The molecule has 2 aliphatic rings. The third-order valence-corrected chi connectivity index (χ3v) is 3.60. The minimum atomic E-state index is -0.524. The summed E-state index contributed by atoms with van der Waals surface area (Å²) < 4.78 is 10.5. The number of ether oxygens (including phenoxy) is 2. The summed E-state index contributed by atoms with van der Waals surface area (Å²) >= 11 is 0. The first-order valence-corrected chi connectivity index (χ1v) is 6.79. The molecule has 20 heavy (non-hydrogen) atoms. The zero-order chi connectivity index (χ0) is 13.9. The molecule has 108 valence electrons. The van der Waals surface area contributed by atoms with Gasteiger partial charge in [0.15, 0.2) is 11.5 Å². The van der Waals surface area contributed by atoms with Crippen LogP contribution in [0.2, 0.25) is 0 Å². The van der Waals surface area contributed by atoms with E-state index in [1.807, 2.05) is 18.2 Å². The third-order valence-electron chi connectivity index (χ3n) is 3.60. The summed E-state index contributed by atoms with van der Waals surface area (Å²) in [5, 5.41) is 15.8. The Morgan fingerprint density at radius 1 is 1.40 bits per heavy atom. The average molecular weight is 278 g/mol. The number of carbonyl (C=O) groups excluding carboxylic acids is 1. The first-order chi connectivity index (χ1) is 9.72. The molecule has 0 spiro atoms. The second-order valence-corrected chi connectivity index (χ2v) is 5.10. The van der Waals surface area contributed by atoms with E-state index in [2.05, 4.69) is 10.6 Å². The van der Waals surface area contributed by atoms with Gasteiger partial charge in [0.2, 0.25) is 12.7 Å². The number of hydrogen-bond acceptors (Lipinski definition) is 5. The Morgan fingerprint density at radius 3 is 3.10 bits per heavy atom. The third kappa shape index (κ3) is 2.86.